The summed E-state index contributed by atoms with van der Waals surface area (Å²) < 4.78 is 5.96. The normalized spacial score (nSPS) is 15.8. The van der Waals surface area contributed by atoms with Crippen LogP contribution in [0.2, 0.25) is 0 Å². The van der Waals surface area contributed by atoms with Crippen molar-refractivity contribution >= 4 is 29.5 Å². The summed E-state index contributed by atoms with van der Waals surface area (Å²) in [7, 11) is 0. The van der Waals surface area contributed by atoms with Crippen LogP contribution in [0.1, 0.15) is 115 Å². The van der Waals surface area contributed by atoms with Gasteiger partial charge in [-0.15, -0.1) is 0 Å². The Morgan fingerprint density at radius 3 is 2.09 bits per heavy atom. The molecule has 2 aromatic carbocycles. The smallest absolute Gasteiger partial charge is 0.407 e. The second kappa shape index (κ2) is 19.7. The predicted octanol–water partition coefficient (Wildman–Crippen LogP) is 10.0. The minimum absolute atomic E-state index is 0.189. The number of carboxylic acid groups (broad SMARTS) is 1. The molecule has 1 saturated heterocycles. The van der Waals surface area contributed by atoms with Crippen LogP contribution < -0.4 is 4.90 Å². The SMILES string of the molecule is CCCCCCCCCCCCCCCC(=O)OC(C)C1CN(C(=O)O)CCN1c1ccccc1Sc1ccc(C)cc1C. The number of hydrogen-bond acceptors (Lipinski definition) is 5. The summed E-state index contributed by atoms with van der Waals surface area (Å²) in [5.41, 5.74) is 3.51. The zero-order valence-electron chi connectivity index (χ0n) is 27.7. The molecule has 2 unspecified atom stereocenters. The molecule has 0 aliphatic carbocycles. The van der Waals surface area contributed by atoms with Gasteiger partial charge in [0.15, 0.2) is 0 Å². The van der Waals surface area contributed by atoms with Crippen molar-refractivity contribution in [3.63, 3.8) is 0 Å². The van der Waals surface area contributed by atoms with Gasteiger partial charge in [-0.1, -0.05) is 126 Å². The fourth-order valence-electron chi connectivity index (χ4n) is 6.13. The number of para-hydroxylation sites is 1. The number of nitrogens with zero attached hydrogens (tertiary/aromatic N) is 2. The van der Waals surface area contributed by atoms with Crippen molar-refractivity contribution in [1.29, 1.82) is 0 Å². The van der Waals surface area contributed by atoms with E-state index in [0.29, 0.717) is 26.1 Å². The van der Waals surface area contributed by atoms with Crippen molar-refractivity contribution in [2.45, 2.75) is 140 Å². The van der Waals surface area contributed by atoms with Gasteiger partial charge in [0, 0.05) is 35.8 Å². The Balaban J connectivity index is 1.49. The van der Waals surface area contributed by atoms with Crippen LogP contribution >= 0.6 is 11.8 Å². The zero-order valence-corrected chi connectivity index (χ0v) is 28.5. The number of benzene rings is 2. The number of carbonyl (C=O) groups is 2. The third-order valence-corrected chi connectivity index (χ3v) is 10.0. The Bertz CT molecular complexity index is 1160. The fourth-order valence-corrected chi connectivity index (χ4v) is 7.16. The molecule has 2 aromatic rings. The first kappa shape index (κ1) is 35.8. The standard InChI is InChI=1S/C37H56N2O4S/c1-5-6-7-8-9-10-11-12-13-14-15-16-17-22-36(40)43-31(4)33-28-38(37(41)42)25-26-39(33)32-20-18-19-21-35(32)44-34-24-23-29(2)27-30(34)3/h18-21,23-24,27,31,33H,5-17,22,25-26,28H2,1-4H3,(H,41,42). The molecule has 0 radical (unpaired) electrons. The Kier molecular flexibility index (Phi) is 16.0. The van der Waals surface area contributed by atoms with E-state index in [9.17, 15) is 14.7 Å². The van der Waals surface area contributed by atoms with Gasteiger partial charge in [0.05, 0.1) is 11.7 Å². The molecule has 1 aliphatic rings. The van der Waals surface area contributed by atoms with Crippen LogP contribution in [0.3, 0.4) is 0 Å². The van der Waals surface area contributed by atoms with E-state index in [0.717, 1.165) is 29.8 Å². The number of esters is 1. The maximum Gasteiger partial charge on any atom is 0.407 e. The van der Waals surface area contributed by atoms with E-state index in [4.69, 9.17) is 4.74 Å². The molecule has 44 heavy (non-hydrogen) atoms. The van der Waals surface area contributed by atoms with Crippen LogP contribution in [0.25, 0.3) is 0 Å². The van der Waals surface area contributed by atoms with E-state index >= 15 is 0 Å². The quantitative estimate of drug-likeness (QED) is 0.124. The highest BCUT2D eigenvalue weighted by atomic mass is 32.2. The van der Waals surface area contributed by atoms with Crippen LogP contribution in [0, 0.1) is 13.8 Å². The van der Waals surface area contributed by atoms with Gasteiger partial charge in [0.25, 0.3) is 0 Å². The molecule has 1 heterocycles. The predicted molar refractivity (Wildman–Crippen MR) is 183 cm³/mol. The second-order valence-electron chi connectivity index (χ2n) is 12.5. The minimum atomic E-state index is -0.932. The number of carbonyl (C=O) groups excluding carboxylic acids is 1. The Morgan fingerprint density at radius 2 is 1.48 bits per heavy atom. The van der Waals surface area contributed by atoms with Crippen molar-refractivity contribution in [3.8, 4) is 0 Å². The number of anilines is 1. The topological polar surface area (TPSA) is 70.1 Å². The summed E-state index contributed by atoms with van der Waals surface area (Å²) >= 11 is 1.72. The van der Waals surface area contributed by atoms with E-state index in [-0.39, 0.29) is 12.0 Å². The lowest BCUT2D eigenvalue weighted by molar-refractivity contribution is -0.149. The minimum Gasteiger partial charge on any atom is -0.465 e. The molecule has 0 saturated carbocycles. The summed E-state index contributed by atoms with van der Waals surface area (Å²) in [5, 5.41) is 9.76. The number of rotatable bonds is 19. The molecular weight excluding hydrogens is 568 g/mol. The number of aryl methyl sites for hydroxylation is 2. The third-order valence-electron chi connectivity index (χ3n) is 8.76. The zero-order chi connectivity index (χ0) is 31.7. The van der Waals surface area contributed by atoms with Crippen LogP contribution in [0.5, 0.6) is 0 Å². The number of unbranched alkanes of at least 4 members (excludes halogenated alkanes) is 12. The van der Waals surface area contributed by atoms with E-state index in [2.05, 4.69) is 56.0 Å². The van der Waals surface area contributed by atoms with Gasteiger partial charge in [0.1, 0.15) is 6.10 Å². The van der Waals surface area contributed by atoms with E-state index in [1.807, 2.05) is 19.1 Å². The first-order chi connectivity index (χ1) is 21.3. The lowest BCUT2D eigenvalue weighted by atomic mass is 10.0. The molecule has 3 rings (SSSR count). The lowest BCUT2D eigenvalue weighted by Crippen LogP contribution is -2.59. The molecule has 0 bridgehead atoms. The first-order valence-electron chi connectivity index (χ1n) is 17.1. The van der Waals surface area contributed by atoms with Crippen LogP contribution in [0.4, 0.5) is 10.5 Å². The summed E-state index contributed by atoms with van der Waals surface area (Å²) in [6, 6.07) is 14.5. The fraction of sp³-hybridized carbons (Fsp3) is 0.622. The first-order valence-corrected chi connectivity index (χ1v) is 17.9. The summed E-state index contributed by atoms with van der Waals surface area (Å²) in [6.45, 7) is 9.65. The molecular formula is C37H56N2O4S. The highest BCUT2D eigenvalue weighted by Crippen LogP contribution is 2.39. The molecule has 7 heteroatoms. The average molecular weight is 625 g/mol. The Hall–Kier alpha value is -2.67. The monoisotopic (exact) mass is 624 g/mol. The number of hydrogen-bond donors (Lipinski definition) is 1. The molecule has 1 N–H and O–H groups in total. The Labute approximate surface area is 270 Å². The highest BCUT2D eigenvalue weighted by molar-refractivity contribution is 7.99. The van der Waals surface area contributed by atoms with Gasteiger partial charge < -0.3 is 19.6 Å². The largest absolute Gasteiger partial charge is 0.465 e. The molecule has 1 amide bonds. The third kappa shape index (κ3) is 12.0. The van der Waals surface area contributed by atoms with Crippen molar-refractivity contribution in [3.05, 3.63) is 53.6 Å². The molecule has 244 valence electrons. The molecule has 1 fully saturated rings. The maximum atomic E-state index is 12.9. The number of amides is 1. The maximum absolute atomic E-state index is 12.9. The lowest BCUT2D eigenvalue weighted by Gasteiger charge is -2.44. The molecule has 6 nitrogen and oxygen atoms in total. The molecule has 2 atom stereocenters. The van der Waals surface area contributed by atoms with Crippen molar-refractivity contribution in [2.24, 2.45) is 0 Å². The summed E-state index contributed by atoms with van der Waals surface area (Å²) in [6.07, 6.45) is 15.5. The van der Waals surface area contributed by atoms with Gasteiger partial charge in [-0.2, -0.15) is 0 Å². The van der Waals surface area contributed by atoms with Crippen molar-refractivity contribution in [2.75, 3.05) is 24.5 Å². The number of ether oxygens (including phenoxy) is 1. The van der Waals surface area contributed by atoms with Gasteiger partial charge in [0.2, 0.25) is 0 Å². The van der Waals surface area contributed by atoms with Crippen LogP contribution in [0.15, 0.2) is 52.3 Å². The van der Waals surface area contributed by atoms with Gasteiger partial charge >= 0.3 is 12.1 Å². The van der Waals surface area contributed by atoms with E-state index in [1.165, 1.54) is 85.1 Å². The van der Waals surface area contributed by atoms with Crippen LogP contribution in [-0.2, 0) is 9.53 Å². The van der Waals surface area contributed by atoms with Gasteiger partial charge in [-0.25, -0.2) is 4.79 Å². The highest BCUT2D eigenvalue weighted by Gasteiger charge is 2.36. The molecule has 1 aliphatic heterocycles. The number of piperazine rings is 1. The van der Waals surface area contributed by atoms with Crippen LogP contribution in [-0.4, -0.2) is 53.8 Å². The average Bonchev–Trinajstić information content (AvgIpc) is 3.00. The molecule has 0 aromatic heterocycles. The van der Waals surface area contributed by atoms with Gasteiger partial charge in [-0.3, -0.25) is 4.79 Å². The Morgan fingerprint density at radius 1 is 0.864 bits per heavy atom. The van der Waals surface area contributed by atoms with E-state index < -0.39 is 12.2 Å². The second-order valence-corrected chi connectivity index (χ2v) is 13.6. The van der Waals surface area contributed by atoms with Crippen molar-refractivity contribution in [1.82, 2.24) is 4.90 Å². The van der Waals surface area contributed by atoms with Gasteiger partial charge in [-0.05, 0) is 51.0 Å². The van der Waals surface area contributed by atoms with Crippen molar-refractivity contribution < 1.29 is 19.4 Å². The van der Waals surface area contributed by atoms with E-state index in [1.54, 1.807) is 11.8 Å². The molecule has 0 spiro atoms. The summed E-state index contributed by atoms with van der Waals surface area (Å²) in [5.74, 6) is -0.189. The summed E-state index contributed by atoms with van der Waals surface area (Å²) in [4.78, 5) is 30.8.